The van der Waals surface area contributed by atoms with Crippen molar-refractivity contribution in [2.45, 2.75) is 149 Å². The van der Waals surface area contributed by atoms with Gasteiger partial charge in [0.25, 0.3) is 0 Å². The first-order valence-corrected chi connectivity index (χ1v) is 16.0. The summed E-state index contributed by atoms with van der Waals surface area (Å²) in [5, 5.41) is 19.5. The molecule has 6 heteroatoms. The predicted molar refractivity (Wildman–Crippen MR) is 165 cm³/mol. The van der Waals surface area contributed by atoms with Crippen molar-refractivity contribution in [3.8, 4) is 0 Å². The van der Waals surface area contributed by atoms with Gasteiger partial charge in [-0.15, -0.1) is 0 Å². The van der Waals surface area contributed by atoms with Crippen molar-refractivity contribution in [1.29, 1.82) is 0 Å². The van der Waals surface area contributed by atoms with Gasteiger partial charge in [0.05, 0.1) is 12.7 Å². The summed E-state index contributed by atoms with van der Waals surface area (Å²) in [5.41, 5.74) is 0. The summed E-state index contributed by atoms with van der Waals surface area (Å²) in [7, 11) is 0. The zero-order valence-electron chi connectivity index (χ0n) is 25.9. The Bertz CT molecular complexity index is 682. The van der Waals surface area contributed by atoms with Crippen LogP contribution in [0.2, 0.25) is 0 Å². The second-order valence-corrected chi connectivity index (χ2v) is 11.2. The van der Waals surface area contributed by atoms with Crippen LogP contribution in [0.1, 0.15) is 136 Å². The Balaban J connectivity index is 3.72. The topological polar surface area (TPSA) is 93.1 Å². The average Bonchev–Trinajstić information content (AvgIpc) is 2.93. The molecule has 2 N–H and O–H groups in total. The molecular formula is C34H60O6. The largest absolute Gasteiger partial charge is 0.462 e. The highest BCUT2D eigenvalue weighted by Gasteiger charge is 2.16. The van der Waals surface area contributed by atoms with Crippen molar-refractivity contribution < 1.29 is 29.3 Å². The number of ether oxygens (including phenoxy) is 2. The summed E-state index contributed by atoms with van der Waals surface area (Å²) in [5.74, 6) is 0.106. The lowest BCUT2D eigenvalue weighted by Crippen LogP contribution is -2.28. The highest BCUT2D eigenvalue weighted by molar-refractivity contribution is 5.70. The van der Waals surface area contributed by atoms with Crippen molar-refractivity contribution >= 4 is 11.9 Å². The SMILES string of the molecule is CC/C=C/C/C=C/C=C/C(O)CCCCCCCC(=O)OC[C@H](CO)OC(=O)CCCCCCCCCC(C)C. The first-order chi connectivity index (χ1) is 19.4. The van der Waals surface area contributed by atoms with Gasteiger partial charge in [0.2, 0.25) is 0 Å². The summed E-state index contributed by atoms with van der Waals surface area (Å²) in [6.07, 6.45) is 28.0. The third-order valence-electron chi connectivity index (χ3n) is 6.73. The number of hydrogen-bond donors (Lipinski definition) is 2. The van der Waals surface area contributed by atoms with Crippen LogP contribution in [-0.4, -0.2) is 47.6 Å². The fourth-order valence-corrected chi connectivity index (χ4v) is 4.27. The molecule has 0 aromatic heterocycles. The monoisotopic (exact) mass is 564 g/mol. The third-order valence-corrected chi connectivity index (χ3v) is 6.73. The number of aliphatic hydroxyl groups excluding tert-OH is 2. The molecule has 0 aliphatic heterocycles. The van der Waals surface area contributed by atoms with Crippen LogP contribution < -0.4 is 0 Å². The van der Waals surface area contributed by atoms with Gasteiger partial charge in [-0.2, -0.15) is 0 Å². The molecule has 1 unspecified atom stereocenters. The van der Waals surface area contributed by atoms with Crippen LogP contribution >= 0.6 is 0 Å². The van der Waals surface area contributed by atoms with Crippen molar-refractivity contribution in [3.05, 3.63) is 36.5 Å². The molecule has 0 radical (unpaired) electrons. The first kappa shape index (κ1) is 38.1. The lowest BCUT2D eigenvalue weighted by molar-refractivity contribution is -0.161. The van der Waals surface area contributed by atoms with E-state index < -0.39 is 12.2 Å². The highest BCUT2D eigenvalue weighted by Crippen LogP contribution is 2.13. The average molecular weight is 565 g/mol. The van der Waals surface area contributed by atoms with E-state index in [1.165, 1.54) is 32.1 Å². The fraction of sp³-hybridized carbons (Fsp3) is 0.765. The Morgan fingerprint density at radius 3 is 1.90 bits per heavy atom. The van der Waals surface area contributed by atoms with Crippen molar-refractivity contribution in [1.82, 2.24) is 0 Å². The summed E-state index contributed by atoms with van der Waals surface area (Å²) >= 11 is 0. The highest BCUT2D eigenvalue weighted by atomic mass is 16.6. The molecule has 0 aliphatic rings. The summed E-state index contributed by atoms with van der Waals surface area (Å²) in [4.78, 5) is 24.0. The van der Waals surface area contributed by atoms with Gasteiger partial charge in [-0.05, 0) is 38.0 Å². The molecule has 6 nitrogen and oxygen atoms in total. The number of unbranched alkanes of at least 4 members (excludes halogenated alkanes) is 10. The molecule has 232 valence electrons. The predicted octanol–water partition coefficient (Wildman–Crippen LogP) is 8.16. The zero-order valence-corrected chi connectivity index (χ0v) is 25.9. The lowest BCUT2D eigenvalue weighted by Gasteiger charge is -2.15. The van der Waals surface area contributed by atoms with Crippen LogP contribution in [0.15, 0.2) is 36.5 Å². The maximum atomic E-state index is 12.0. The lowest BCUT2D eigenvalue weighted by atomic mass is 10.0. The normalized spacial score (nSPS) is 13.6. The summed E-state index contributed by atoms with van der Waals surface area (Å²) in [6, 6.07) is 0. The van der Waals surface area contributed by atoms with Gasteiger partial charge in [-0.3, -0.25) is 9.59 Å². The quantitative estimate of drug-likeness (QED) is 0.0452. The Hall–Kier alpha value is -1.92. The van der Waals surface area contributed by atoms with E-state index in [0.717, 1.165) is 76.5 Å². The van der Waals surface area contributed by atoms with E-state index in [4.69, 9.17) is 9.47 Å². The van der Waals surface area contributed by atoms with E-state index in [1.54, 1.807) is 0 Å². The second kappa shape index (κ2) is 28.6. The molecule has 0 aliphatic carbocycles. The minimum Gasteiger partial charge on any atom is -0.462 e. The Labute approximate surface area is 245 Å². The molecule has 0 heterocycles. The molecule has 0 aromatic rings. The van der Waals surface area contributed by atoms with Crippen LogP contribution in [0.5, 0.6) is 0 Å². The molecule has 0 fully saturated rings. The number of rotatable bonds is 27. The van der Waals surface area contributed by atoms with Crippen molar-refractivity contribution in [3.63, 3.8) is 0 Å². The Morgan fingerprint density at radius 1 is 0.725 bits per heavy atom. The molecule has 2 atom stereocenters. The maximum absolute atomic E-state index is 12.0. The number of aliphatic hydroxyl groups is 2. The van der Waals surface area contributed by atoms with Crippen molar-refractivity contribution in [2.24, 2.45) is 5.92 Å². The van der Waals surface area contributed by atoms with Gasteiger partial charge in [0, 0.05) is 12.8 Å². The van der Waals surface area contributed by atoms with Crippen LogP contribution in [0, 0.1) is 5.92 Å². The van der Waals surface area contributed by atoms with Crippen LogP contribution in [0.3, 0.4) is 0 Å². The molecule has 0 bridgehead atoms. The smallest absolute Gasteiger partial charge is 0.306 e. The van der Waals surface area contributed by atoms with Crippen LogP contribution in [-0.2, 0) is 19.1 Å². The molecule has 0 saturated heterocycles. The van der Waals surface area contributed by atoms with Crippen LogP contribution in [0.25, 0.3) is 0 Å². The second-order valence-electron chi connectivity index (χ2n) is 11.2. The minimum absolute atomic E-state index is 0.104. The Morgan fingerprint density at radius 2 is 1.30 bits per heavy atom. The van der Waals surface area contributed by atoms with Gasteiger partial charge >= 0.3 is 11.9 Å². The van der Waals surface area contributed by atoms with E-state index >= 15 is 0 Å². The zero-order chi connectivity index (χ0) is 29.7. The molecule has 0 saturated carbocycles. The fourth-order valence-electron chi connectivity index (χ4n) is 4.27. The third kappa shape index (κ3) is 27.6. The van der Waals surface area contributed by atoms with Gasteiger partial charge in [0.15, 0.2) is 6.10 Å². The first-order valence-electron chi connectivity index (χ1n) is 16.0. The van der Waals surface area contributed by atoms with Gasteiger partial charge in [0.1, 0.15) is 6.61 Å². The van der Waals surface area contributed by atoms with E-state index in [1.807, 2.05) is 18.2 Å². The number of allylic oxidation sites excluding steroid dienone is 5. The van der Waals surface area contributed by atoms with Crippen molar-refractivity contribution in [2.75, 3.05) is 13.2 Å². The van der Waals surface area contributed by atoms with Gasteiger partial charge in [-0.1, -0.05) is 128 Å². The van der Waals surface area contributed by atoms with Gasteiger partial charge in [-0.25, -0.2) is 0 Å². The molecule has 0 spiro atoms. The van der Waals surface area contributed by atoms with Gasteiger partial charge < -0.3 is 19.7 Å². The summed E-state index contributed by atoms with van der Waals surface area (Å²) < 4.78 is 10.5. The number of carbonyl (C=O) groups excluding carboxylic acids is 2. The molecule has 40 heavy (non-hydrogen) atoms. The molecular weight excluding hydrogens is 504 g/mol. The summed E-state index contributed by atoms with van der Waals surface area (Å²) in [6.45, 7) is 6.17. The number of esters is 2. The standard InChI is InChI=1S/C34H60O6/c1-4-5-6-7-9-14-19-24-31(36)25-20-15-12-17-21-26-33(37)39-29-32(28-35)40-34(38)27-22-16-11-8-10-13-18-23-30(2)3/h5-6,9,14,19,24,30-32,35-36H,4,7-8,10-13,15-18,20-23,25-29H2,1-3H3/b6-5+,14-9+,24-19+/t31?,32-/m0/s1. The van der Waals surface area contributed by atoms with Crippen LogP contribution in [0.4, 0.5) is 0 Å². The number of carbonyl (C=O) groups is 2. The molecule has 0 rings (SSSR count). The number of hydrogen-bond acceptors (Lipinski definition) is 6. The maximum Gasteiger partial charge on any atom is 0.306 e. The minimum atomic E-state index is -0.800. The molecule has 0 amide bonds. The van der Waals surface area contributed by atoms with E-state index in [9.17, 15) is 19.8 Å². The van der Waals surface area contributed by atoms with E-state index in [2.05, 4.69) is 39.0 Å². The van der Waals surface area contributed by atoms with E-state index in [-0.39, 0.29) is 25.2 Å². The molecule has 0 aromatic carbocycles. The Kier molecular flexibility index (Phi) is 27.2. The van der Waals surface area contributed by atoms with E-state index in [0.29, 0.717) is 12.8 Å².